The van der Waals surface area contributed by atoms with Gasteiger partial charge in [-0.2, -0.15) is 13.2 Å². The fourth-order valence-electron chi connectivity index (χ4n) is 1.99. The molecule has 0 saturated heterocycles. The number of carbonyl (C=O) groups is 1. The van der Waals surface area contributed by atoms with E-state index < -0.39 is 11.7 Å². The van der Waals surface area contributed by atoms with Crippen molar-refractivity contribution in [3.8, 4) is 5.75 Å². The van der Waals surface area contributed by atoms with E-state index in [4.69, 9.17) is 4.74 Å². The van der Waals surface area contributed by atoms with Crippen LogP contribution in [-0.2, 0) is 17.5 Å². The molecule has 24 heavy (non-hydrogen) atoms. The van der Waals surface area contributed by atoms with Crippen LogP contribution in [0.4, 0.5) is 13.2 Å². The van der Waals surface area contributed by atoms with E-state index in [1.54, 1.807) is 19.2 Å². The van der Waals surface area contributed by atoms with Crippen LogP contribution in [0.1, 0.15) is 16.7 Å². The Kier molecular flexibility index (Phi) is 5.63. The highest BCUT2D eigenvalue weighted by molar-refractivity contribution is 5.91. The Labute approximate surface area is 137 Å². The minimum absolute atomic E-state index is 0.327. The van der Waals surface area contributed by atoms with Gasteiger partial charge in [-0.05, 0) is 41.5 Å². The van der Waals surface area contributed by atoms with E-state index in [-0.39, 0.29) is 5.91 Å². The average molecular weight is 335 g/mol. The largest absolute Gasteiger partial charge is 0.497 e. The van der Waals surface area contributed by atoms with Crippen LogP contribution in [0.25, 0.3) is 6.08 Å². The number of amides is 1. The SMILES string of the molecule is COc1cccc(CNC(=O)/C=C/c2ccc(C(F)(F)F)cc2)c1. The van der Waals surface area contributed by atoms with Crippen LogP contribution < -0.4 is 10.1 Å². The lowest BCUT2D eigenvalue weighted by atomic mass is 10.1. The van der Waals surface area contributed by atoms with Gasteiger partial charge >= 0.3 is 6.18 Å². The number of hydrogen-bond acceptors (Lipinski definition) is 2. The number of hydrogen-bond donors (Lipinski definition) is 1. The molecule has 0 unspecified atom stereocenters. The van der Waals surface area contributed by atoms with E-state index in [1.807, 2.05) is 12.1 Å². The Bertz CT molecular complexity index is 722. The highest BCUT2D eigenvalue weighted by Gasteiger charge is 2.29. The molecule has 0 aliphatic heterocycles. The molecular weight excluding hydrogens is 319 g/mol. The predicted octanol–water partition coefficient (Wildman–Crippen LogP) is 4.04. The molecule has 0 fully saturated rings. The highest BCUT2D eigenvalue weighted by atomic mass is 19.4. The lowest BCUT2D eigenvalue weighted by Crippen LogP contribution is -2.20. The van der Waals surface area contributed by atoms with Crippen LogP contribution in [-0.4, -0.2) is 13.0 Å². The molecule has 1 amide bonds. The topological polar surface area (TPSA) is 38.3 Å². The maximum Gasteiger partial charge on any atom is 0.416 e. The van der Waals surface area contributed by atoms with Gasteiger partial charge in [0, 0.05) is 12.6 Å². The first-order valence-electron chi connectivity index (χ1n) is 7.14. The molecule has 0 heterocycles. The third kappa shape index (κ3) is 5.15. The first-order valence-corrected chi connectivity index (χ1v) is 7.14. The van der Waals surface area contributed by atoms with E-state index in [0.29, 0.717) is 17.9 Å². The van der Waals surface area contributed by atoms with Crippen LogP contribution in [0.5, 0.6) is 5.75 Å². The molecule has 2 aromatic carbocycles. The van der Waals surface area contributed by atoms with Crippen LogP contribution in [0.15, 0.2) is 54.6 Å². The number of halogens is 3. The van der Waals surface area contributed by atoms with Crippen molar-refractivity contribution in [3.05, 3.63) is 71.3 Å². The molecule has 0 spiro atoms. The van der Waals surface area contributed by atoms with Crippen LogP contribution >= 0.6 is 0 Å². The van der Waals surface area contributed by atoms with Crippen molar-refractivity contribution in [2.24, 2.45) is 0 Å². The highest BCUT2D eigenvalue weighted by Crippen LogP contribution is 2.29. The second-order valence-corrected chi connectivity index (χ2v) is 5.02. The lowest BCUT2D eigenvalue weighted by Gasteiger charge is -2.06. The Morgan fingerprint density at radius 3 is 2.50 bits per heavy atom. The monoisotopic (exact) mass is 335 g/mol. The molecule has 0 aliphatic rings. The van der Waals surface area contributed by atoms with E-state index >= 15 is 0 Å². The molecule has 0 atom stereocenters. The van der Waals surface area contributed by atoms with Gasteiger partial charge in [0.05, 0.1) is 12.7 Å². The lowest BCUT2D eigenvalue weighted by molar-refractivity contribution is -0.137. The first-order chi connectivity index (χ1) is 11.4. The number of rotatable bonds is 5. The van der Waals surface area contributed by atoms with Crippen molar-refractivity contribution >= 4 is 12.0 Å². The number of benzene rings is 2. The zero-order valence-electron chi connectivity index (χ0n) is 12.9. The molecule has 2 aromatic rings. The summed E-state index contributed by atoms with van der Waals surface area (Å²) in [6, 6.07) is 11.9. The van der Waals surface area contributed by atoms with Crippen LogP contribution in [0.3, 0.4) is 0 Å². The van der Waals surface area contributed by atoms with Gasteiger partial charge in [0.25, 0.3) is 0 Å². The van der Waals surface area contributed by atoms with Gasteiger partial charge in [0.1, 0.15) is 5.75 Å². The molecule has 0 aromatic heterocycles. The van der Waals surface area contributed by atoms with Gasteiger partial charge in [-0.15, -0.1) is 0 Å². The van der Waals surface area contributed by atoms with Gasteiger partial charge in [0.2, 0.25) is 5.91 Å². The van der Waals surface area contributed by atoms with Crippen molar-refractivity contribution in [1.82, 2.24) is 5.32 Å². The molecule has 0 aliphatic carbocycles. The normalized spacial score (nSPS) is 11.5. The third-order valence-electron chi connectivity index (χ3n) is 3.27. The Balaban J connectivity index is 1.90. The minimum Gasteiger partial charge on any atom is -0.497 e. The second-order valence-electron chi connectivity index (χ2n) is 5.02. The molecule has 2 rings (SSSR count). The number of carbonyl (C=O) groups excluding carboxylic acids is 1. The van der Waals surface area contributed by atoms with Crippen LogP contribution in [0, 0.1) is 0 Å². The standard InChI is InChI=1S/C18H16F3NO2/c1-24-16-4-2-3-14(11-16)12-22-17(23)10-7-13-5-8-15(9-6-13)18(19,20)21/h2-11H,12H2,1H3,(H,22,23)/b10-7+. The fraction of sp³-hybridized carbons (Fsp3) is 0.167. The maximum atomic E-state index is 12.5. The summed E-state index contributed by atoms with van der Waals surface area (Å²) < 4.78 is 42.5. The second kappa shape index (κ2) is 7.68. The van der Waals surface area contributed by atoms with Crippen LogP contribution in [0.2, 0.25) is 0 Å². The zero-order valence-corrected chi connectivity index (χ0v) is 12.9. The number of alkyl halides is 3. The summed E-state index contributed by atoms with van der Waals surface area (Å²) in [4.78, 5) is 11.8. The summed E-state index contributed by atoms with van der Waals surface area (Å²) in [5, 5.41) is 2.69. The smallest absolute Gasteiger partial charge is 0.416 e. The number of ether oxygens (including phenoxy) is 1. The van der Waals surface area contributed by atoms with Crippen molar-refractivity contribution in [2.75, 3.05) is 7.11 Å². The quantitative estimate of drug-likeness (QED) is 0.838. The summed E-state index contributed by atoms with van der Waals surface area (Å²) >= 11 is 0. The summed E-state index contributed by atoms with van der Waals surface area (Å²) in [7, 11) is 1.56. The van der Waals surface area contributed by atoms with E-state index in [9.17, 15) is 18.0 Å². The summed E-state index contributed by atoms with van der Waals surface area (Å²) in [6.07, 6.45) is -1.62. The average Bonchev–Trinajstić information content (AvgIpc) is 2.58. The Hall–Kier alpha value is -2.76. The molecular formula is C18H16F3NO2. The molecule has 0 radical (unpaired) electrons. The molecule has 6 heteroatoms. The minimum atomic E-state index is -4.36. The molecule has 0 bridgehead atoms. The van der Waals surface area contributed by atoms with Gasteiger partial charge in [-0.3, -0.25) is 4.79 Å². The van der Waals surface area contributed by atoms with Gasteiger partial charge in [-0.25, -0.2) is 0 Å². The first kappa shape index (κ1) is 17.6. The zero-order chi connectivity index (χ0) is 17.6. The van der Waals surface area contributed by atoms with Crippen molar-refractivity contribution in [2.45, 2.75) is 12.7 Å². The van der Waals surface area contributed by atoms with E-state index in [1.165, 1.54) is 24.3 Å². The fourth-order valence-corrected chi connectivity index (χ4v) is 1.99. The Morgan fingerprint density at radius 1 is 1.17 bits per heavy atom. The summed E-state index contributed by atoms with van der Waals surface area (Å²) in [6.45, 7) is 0.327. The summed E-state index contributed by atoms with van der Waals surface area (Å²) in [5.74, 6) is 0.361. The Morgan fingerprint density at radius 2 is 1.88 bits per heavy atom. The number of methoxy groups -OCH3 is 1. The summed E-state index contributed by atoms with van der Waals surface area (Å²) in [5.41, 5.74) is 0.673. The molecule has 0 saturated carbocycles. The van der Waals surface area contributed by atoms with E-state index in [2.05, 4.69) is 5.32 Å². The third-order valence-corrected chi connectivity index (χ3v) is 3.27. The number of nitrogens with one attached hydrogen (secondary N) is 1. The predicted molar refractivity (Wildman–Crippen MR) is 85.3 cm³/mol. The molecule has 3 nitrogen and oxygen atoms in total. The molecule has 126 valence electrons. The van der Waals surface area contributed by atoms with Gasteiger partial charge in [-0.1, -0.05) is 24.3 Å². The van der Waals surface area contributed by atoms with Crippen molar-refractivity contribution in [3.63, 3.8) is 0 Å². The van der Waals surface area contributed by atoms with Gasteiger partial charge < -0.3 is 10.1 Å². The van der Waals surface area contributed by atoms with Crippen molar-refractivity contribution in [1.29, 1.82) is 0 Å². The van der Waals surface area contributed by atoms with Crippen molar-refractivity contribution < 1.29 is 22.7 Å². The van der Waals surface area contributed by atoms with E-state index in [0.717, 1.165) is 17.7 Å². The maximum absolute atomic E-state index is 12.5. The molecule has 1 N–H and O–H groups in total. The van der Waals surface area contributed by atoms with Gasteiger partial charge in [0.15, 0.2) is 0 Å².